The number of hydrogen-bond donors (Lipinski definition) is 3. The molecule has 0 spiro atoms. The number of nitrogens with zero attached hydrogens (tertiary/aromatic N) is 1. The third-order valence-electron chi connectivity index (χ3n) is 4.06. The van der Waals surface area contributed by atoms with Crippen molar-refractivity contribution in [1.29, 1.82) is 0 Å². The molecular weight excluding hydrogens is 216 g/mol. The summed E-state index contributed by atoms with van der Waals surface area (Å²) in [6.45, 7) is 9.66. The van der Waals surface area contributed by atoms with E-state index in [0.717, 1.165) is 6.54 Å². The molecule has 1 atom stereocenters. The van der Waals surface area contributed by atoms with Crippen molar-refractivity contribution in [3.63, 3.8) is 0 Å². The zero-order chi connectivity index (χ0) is 12.9. The molecule has 17 heavy (non-hydrogen) atoms. The first kappa shape index (κ1) is 14.9. The molecule has 0 radical (unpaired) electrons. The second-order valence-electron chi connectivity index (χ2n) is 5.58. The second-order valence-corrected chi connectivity index (χ2v) is 5.58. The fourth-order valence-electron chi connectivity index (χ4n) is 2.58. The highest BCUT2D eigenvalue weighted by molar-refractivity contribution is 4.88. The highest BCUT2D eigenvalue weighted by Gasteiger charge is 2.29. The van der Waals surface area contributed by atoms with Gasteiger partial charge in [0.1, 0.15) is 0 Å². The van der Waals surface area contributed by atoms with E-state index in [-0.39, 0.29) is 13.2 Å². The predicted molar refractivity (Wildman–Crippen MR) is 70.0 cm³/mol. The van der Waals surface area contributed by atoms with Gasteiger partial charge in [-0.15, -0.1) is 0 Å². The van der Waals surface area contributed by atoms with Crippen molar-refractivity contribution in [3.8, 4) is 0 Å². The van der Waals surface area contributed by atoms with E-state index >= 15 is 0 Å². The molecule has 0 saturated carbocycles. The van der Waals surface area contributed by atoms with Gasteiger partial charge in [0.25, 0.3) is 0 Å². The zero-order valence-corrected chi connectivity index (χ0v) is 11.4. The normalized spacial score (nSPS) is 21.7. The number of rotatable bonds is 6. The van der Waals surface area contributed by atoms with Crippen molar-refractivity contribution in [2.24, 2.45) is 5.92 Å². The molecule has 1 saturated heterocycles. The Morgan fingerprint density at radius 3 is 2.24 bits per heavy atom. The Morgan fingerprint density at radius 2 is 1.82 bits per heavy atom. The van der Waals surface area contributed by atoms with Crippen molar-refractivity contribution in [2.75, 3.05) is 32.8 Å². The van der Waals surface area contributed by atoms with Crippen LogP contribution < -0.4 is 5.32 Å². The Balaban J connectivity index is 2.41. The minimum atomic E-state index is -0.554. The van der Waals surface area contributed by atoms with Crippen molar-refractivity contribution in [1.82, 2.24) is 10.2 Å². The summed E-state index contributed by atoms with van der Waals surface area (Å²) in [5, 5.41) is 21.9. The molecule has 0 aromatic carbocycles. The Bertz CT molecular complexity index is 211. The van der Waals surface area contributed by atoms with Gasteiger partial charge in [-0.25, -0.2) is 0 Å². The van der Waals surface area contributed by atoms with Gasteiger partial charge >= 0.3 is 0 Å². The van der Waals surface area contributed by atoms with E-state index in [1.165, 1.54) is 25.9 Å². The van der Waals surface area contributed by atoms with Gasteiger partial charge in [0, 0.05) is 6.04 Å². The van der Waals surface area contributed by atoms with Crippen LogP contribution in [0.15, 0.2) is 0 Å². The van der Waals surface area contributed by atoms with Crippen LogP contribution in [-0.2, 0) is 0 Å². The molecule has 0 amide bonds. The van der Waals surface area contributed by atoms with Gasteiger partial charge in [-0.05, 0) is 52.2 Å². The molecule has 4 heteroatoms. The van der Waals surface area contributed by atoms with Gasteiger partial charge in [0.15, 0.2) is 0 Å². The lowest BCUT2D eigenvalue weighted by atomic mass is 9.88. The van der Waals surface area contributed by atoms with Gasteiger partial charge in [-0.1, -0.05) is 6.92 Å². The van der Waals surface area contributed by atoms with Gasteiger partial charge < -0.3 is 20.4 Å². The third-order valence-corrected chi connectivity index (χ3v) is 4.06. The van der Waals surface area contributed by atoms with Crippen LogP contribution in [-0.4, -0.2) is 59.5 Å². The number of aliphatic hydroxyl groups excluding tert-OH is 2. The average Bonchev–Trinajstić information content (AvgIpc) is 2.38. The topological polar surface area (TPSA) is 55.7 Å². The molecule has 1 aliphatic heterocycles. The predicted octanol–water partition coefficient (Wildman–Crippen LogP) is 0.440. The molecule has 0 aliphatic carbocycles. The lowest BCUT2D eigenvalue weighted by Gasteiger charge is -2.38. The highest BCUT2D eigenvalue weighted by atomic mass is 16.3. The summed E-state index contributed by atoms with van der Waals surface area (Å²) in [5.74, 6) is 0.648. The molecule has 3 N–H and O–H groups in total. The maximum absolute atomic E-state index is 9.28. The SMILES string of the molecule is CCN1CCC(C(C)NC(C)(CO)CO)CC1. The van der Waals surface area contributed by atoms with Gasteiger partial charge in [0.05, 0.1) is 18.8 Å². The summed E-state index contributed by atoms with van der Waals surface area (Å²) in [6, 6.07) is 0.346. The number of piperidine rings is 1. The smallest absolute Gasteiger partial charge is 0.0633 e. The molecule has 1 unspecified atom stereocenters. The molecule has 1 rings (SSSR count). The number of likely N-dealkylation sites (tertiary alicyclic amines) is 1. The van der Waals surface area contributed by atoms with Crippen LogP contribution >= 0.6 is 0 Å². The summed E-state index contributed by atoms with van der Waals surface area (Å²) in [6.07, 6.45) is 2.41. The first-order valence-corrected chi connectivity index (χ1v) is 6.76. The van der Waals surface area contributed by atoms with E-state index in [1.54, 1.807) is 0 Å². The Kier molecular flexibility index (Phi) is 5.86. The third kappa shape index (κ3) is 4.21. The molecule has 1 aliphatic rings. The molecule has 0 aromatic heterocycles. The van der Waals surface area contributed by atoms with Gasteiger partial charge in [-0.2, -0.15) is 0 Å². The fourth-order valence-corrected chi connectivity index (χ4v) is 2.58. The lowest BCUT2D eigenvalue weighted by molar-refractivity contribution is 0.0775. The molecular formula is C13H28N2O2. The maximum atomic E-state index is 9.28. The van der Waals surface area contributed by atoms with E-state index in [9.17, 15) is 10.2 Å². The summed E-state index contributed by atoms with van der Waals surface area (Å²) < 4.78 is 0. The van der Waals surface area contributed by atoms with E-state index in [2.05, 4.69) is 24.1 Å². The Hall–Kier alpha value is -0.160. The van der Waals surface area contributed by atoms with Gasteiger partial charge in [-0.3, -0.25) is 0 Å². The summed E-state index contributed by atoms with van der Waals surface area (Å²) in [4.78, 5) is 2.47. The van der Waals surface area contributed by atoms with Crippen LogP contribution in [0, 0.1) is 5.92 Å². The molecule has 1 heterocycles. The number of nitrogens with one attached hydrogen (secondary N) is 1. The Labute approximate surface area is 105 Å². The first-order valence-electron chi connectivity index (χ1n) is 6.76. The summed E-state index contributed by atoms with van der Waals surface area (Å²) in [7, 11) is 0. The van der Waals surface area contributed by atoms with Crippen LogP contribution in [0.2, 0.25) is 0 Å². The van der Waals surface area contributed by atoms with E-state index < -0.39 is 5.54 Å². The quantitative estimate of drug-likeness (QED) is 0.634. The highest BCUT2D eigenvalue weighted by Crippen LogP contribution is 2.21. The van der Waals surface area contributed by atoms with Crippen molar-refractivity contribution in [2.45, 2.75) is 45.2 Å². The minimum Gasteiger partial charge on any atom is -0.394 e. The zero-order valence-electron chi connectivity index (χ0n) is 11.4. The van der Waals surface area contributed by atoms with Crippen LogP contribution in [0.25, 0.3) is 0 Å². The summed E-state index contributed by atoms with van der Waals surface area (Å²) in [5.41, 5.74) is -0.554. The van der Waals surface area contributed by atoms with Crippen molar-refractivity contribution in [3.05, 3.63) is 0 Å². The molecule has 1 fully saturated rings. The average molecular weight is 244 g/mol. The fraction of sp³-hybridized carbons (Fsp3) is 1.00. The van der Waals surface area contributed by atoms with Crippen molar-refractivity contribution < 1.29 is 10.2 Å². The standard InChI is InChI=1S/C13H28N2O2/c1-4-15-7-5-12(6-8-15)11(2)14-13(3,9-16)10-17/h11-12,14,16-17H,4-10H2,1-3H3. The van der Waals surface area contributed by atoms with Crippen LogP contribution in [0.3, 0.4) is 0 Å². The minimum absolute atomic E-state index is 0.0261. The van der Waals surface area contributed by atoms with E-state index in [0.29, 0.717) is 12.0 Å². The monoisotopic (exact) mass is 244 g/mol. The van der Waals surface area contributed by atoms with E-state index in [1.807, 2.05) is 6.92 Å². The molecule has 0 bridgehead atoms. The molecule has 0 aromatic rings. The van der Waals surface area contributed by atoms with Crippen molar-refractivity contribution >= 4 is 0 Å². The van der Waals surface area contributed by atoms with Crippen LogP contribution in [0.4, 0.5) is 0 Å². The summed E-state index contributed by atoms with van der Waals surface area (Å²) >= 11 is 0. The lowest BCUT2D eigenvalue weighted by Crippen LogP contribution is -2.55. The molecule has 4 nitrogen and oxygen atoms in total. The number of aliphatic hydroxyl groups is 2. The largest absolute Gasteiger partial charge is 0.394 e. The Morgan fingerprint density at radius 1 is 1.29 bits per heavy atom. The van der Waals surface area contributed by atoms with Crippen LogP contribution in [0.1, 0.15) is 33.6 Å². The second kappa shape index (κ2) is 6.69. The first-order chi connectivity index (χ1) is 8.04. The molecule has 102 valence electrons. The van der Waals surface area contributed by atoms with Gasteiger partial charge in [0.2, 0.25) is 0 Å². The maximum Gasteiger partial charge on any atom is 0.0633 e. The van der Waals surface area contributed by atoms with E-state index in [4.69, 9.17) is 0 Å². The van der Waals surface area contributed by atoms with Crippen LogP contribution in [0.5, 0.6) is 0 Å². The number of hydrogen-bond acceptors (Lipinski definition) is 4.